The molecule has 0 aliphatic carbocycles. The molecule has 2 aliphatic heterocycles. The van der Waals surface area contributed by atoms with Gasteiger partial charge in [0.2, 0.25) is 5.91 Å². The van der Waals surface area contributed by atoms with Gasteiger partial charge < -0.3 is 14.5 Å². The minimum absolute atomic E-state index is 0.165. The van der Waals surface area contributed by atoms with Crippen LogP contribution in [0, 0.1) is 0 Å². The van der Waals surface area contributed by atoms with Crippen molar-refractivity contribution < 1.29 is 9.53 Å². The molecule has 2 aromatic heterocycles. The van der Waals surface area contributed by atoms with E-state index in [2.05, 4.69) is 19.8 Å². The van der Waals surface area contributed by atoms with Gasteiger partial charge >= 0.3 is 0 Å². The SMILES string of the molecule is O=C([C@H](c1cccnc1)N1CCOCC1)N1CCN(c2nccs2)CC1. The summed E-state index contributed by atoms with van der Waals surface area (Å²) in [4.78, 5) is 28.4. The van der Waals surface area contributed by atoms with Crippen molar-refractivity contribution in [3.8, 4) is 0 Å². The normalized spacial score (nSPS) is 20.2. The highest BCUT2D eigenvalue weighted by atomic mass is 32.1. The van der Waals surface area contributed by atoms with Crippen molar-refractivity contribution in [1.29, 1.82) is 0 Å². The third-order valence-electron chi connectivity index (χ3n) is 4.93. The number of ether oxygens (including phenoxy) is 1. The maximum absolute atomic E-state index is 13.4. The molecule has 0 radical (unpaired) electrons. The number of nitrogens with zero attached hydrogens (tertiary/aromatic N) is 5. The number of hydrogen-bond donors (Lipinski definition) is 0. The van der Waals surface area contributed by atoms with Gasteiger partial charge in [0.05, 0.1) is 13.2 Å². The Morgan fingerprint density at radius 3 is 2.58 bits per heavy atom. The van der Waals surface area contributed by atoms with Crippen LogP contribution in [0.5, 0.6) is 0 Å². The smallest absolute Gasteiger partial charge is 0.244 e. The number of carbonyl (C=O) groups is 1. The molecule has 4 heterocycles. The molecule has 4 rings (SSSR count). The summed E-state index contributed by atoms with van der Waals surface area (Å²) in [5, 5.41) is 3.03. The summed E-state index contributed by atoms with van der Waals surface area (Å²) in [5.74, 6) is 0.165. The number of amides is 1. The molecule has 26 heavy (non-hydrogen) atoms. The Hall–Kier alpha value is -2.03. The minimum atomic E-state index is -0.279. The van der Waals surface area contributed by atoms with Gasteiger partial charge in [-0.2, -0.15) is 0 Å². The predicted molar refractivity (Wildman–Crippen MR) is 100 cm³/mol. The number of aromatic nitrogens is 2. The lowest BCUT2D eigenvalue weighted by atomic mass is 10.0. The van der Waals surface area contributed by atoms with Crippen LogP contribution in [0.1, 0.15) is 11.6 Å². The van der Waals surface area contributed by atoms with E-state index < -0.39 is 0 Å². The summed E-state index contributed by atoms with van der Waals surface area (Å²) in [6.07, 6.45) is 5.38. The van der Waals surface area contributed by atoms with Gasteiger partial charge in [-0.15, -0.1) is 11.3 Å². The van der Waals surface area contributed by atoms with Crippen LogP contribution in [-0.2, 0) is 9.53 Å². The molecule has 0 saturated carbocycles. The lowest BCUT2D eigenvalue weighted by Gasteiger charge is -2.40. The highest BCUT2D eigenvalue weighted by Gasteiger charge is 2.34. The Morgan fingerprint density at radius 1 is 1.12 bits per heavy atom. The van der Waals surface area contributed by atoms with Crippen molar-refractivity contribution in [1.82, 2.24) is 19.8 Å². The molecule has 8 heteroatoms. The van der Waals surface area contributed by atoms with Gasteiger partial charge in [-0.3, -0.25) is 14.7 Å². The van der Waals surface area contributed by atoms with Crippen LogP contribution in [0.3, 0.4) is 0 Å². The Labute approximate surface area is 157 Å². The van der Waals surface area contributed by atoms with Crippen molar-refractivity contribution in [3.05, 3.63) is 41.7 Å². The Kier molecular flexibility index (Phi) is 5.42. The zero-order valence-corrected chi connectivity index (χ0v) is 15.5. The summed E-state index contributed by atoms with van der Waals surface area (Å²) >= 11 is 1.65. The molecule has 138 valence electrons. The summed E-state index contributed by atoms with van der Waals surface area (Å²) in [5.41, 5.74) is 0.960. The van der Waals surface area contributed by atoms with Crippen LogP contribution < -0.4 is 4.90 Å². The third kappa shape index (κ3) is 3.72. The number of rotatable bonds is 4. The van der Waals surface area contributed by atoms with E-state index in [-0.39, 0.29) is 11.9 Å². The lowest BCUT2D eigenvalue weighted by molar-refractivity contribution is -0.139. The van der Waals surface area contributed by atoms with E-state index in [0.717, 1.165) is 50.0 Å². The largest absolute Gasteiger partial charge is 0.379 e. The van der Waals surface area contributed by atoms with E-state index in [9.17, 15) is 4.79 Å². The van der Waals surface area contributed by atoms with E-state index in [1.165, 1.54) is 0 Å². The van der Waals surface area contributed by atoms with E-state index in [4.69, 9.17) is 4.74 Å². The average Bonchev–Trinajstić information content (AvgIpc) is 3.25. The Balaban J connectivity index is 1.48. The second kappa shape index (κ2) is 8.11. The van der Waals surface area contributed by atoms with E-state index >= 15 is 0 Å². The zero-order chi connectivity index (χ0) is 17.8. The summed E-state index contributed by atoms with van der Waals surface area (Å²) < 4.78 is 5.47. The Bertz CT molecular complexity index is 698. The van der Waals surface area contributed by atoms with E-state index in [1.807, 2.05) is 34.8 Å². The molecule has 1 amide bonds. The fourth-order valence-electron chi connectivity index (χ4n) is 3.55. The molecule has 1 atom stereocenters. The molecule has 2 aliphatic rings. The molecule has 0 N–H and O–H groups in total. The molecule has 0 spiro atoms. The maximum Gasteiger partial charge on any atom is 0.244 e. The number of morpholine rings is 1. The molecule has 2 fully saturated rings. The topological polar surface area (TPSA) is 61.8 Å². The van der Waals surface area contributed by atoms with Crippen LogP contribution >= 0.6 is 11.3 Å². The van der Waals surface area contributed by atoms with Gasteiger partial charge in [0.1, 0.15) is 6.04 Å². The van der Waals surface area contributed by atoms with E-state index in [1.54, 1.807) is 17.5 Å². The van der Waals surface area contributed by atoms with Crippen molar-refractivity contribution in [2.24, 2.45) is 0 Å². The van der Waals surface area contributed by atoms with Crippen LogP contribution in [0.25, 0.3) is 0 Å². The van der Waals surface area contributed by atoms with Gasteiger partial charge in [0, 0.05) is 63.2 Å². The summed E-state index contributed by atoms with van der Waals surface area (Å²) in [6.45, 7) is 5.96. The Morgan fingerprint density at radius 2 is 1.92 bits per heavy atom. The van der Waals surface area contributed by atoms with Crippen LogP contribution in [0.4, 0.5) is 5.13 Å². The van der Waals surface area contributed by atoms with Crippen molar-refractivity contribution in [2.75, 3.05) is 57.4 Å². The number of hydrogen-bond acceptors (Lipinski definition) is 7. The first-order chi connectivity index (χ1) is 12.8. The monoisotopic (exact) mass is 373 g/mol. The van der Waals surface area contributed by atoms with Gasteiger partial charge in [-0.25, -0.2) is 4.98 Å². The molecular weight excluding hydrogens is 350 g/mol. The molecule has 7 nitrogen and oxygen atoms in total. The fourth-order valence-corrected chi connectivity index (χ4v) is 4.24. The van der Waals surface area contributed by atoms with Gasteiger partial charge in [-0.05, 0) is 11.6 Å². The van der Waals surface area contributed by atoms with Crippen LogP contribution in [-0.4, -0.2) is 78.2 Å². The molecular formula is C18H23N5O2S. The van der Waals surface area contributed by atoms with Crippen LogP contribution in [0.2, 0.25) is 0 Å². The fraction of sp³-hybridized carbons (Fsp3) is 0.500. The second-order valence-electron chi connectivity index (χ2n) is 6.46. The van der Waals surface area contributed by atoms with Gasteiger partial charge in [-0.1, -0.05) is 6.07 Å². The number of anilines is 1. The number of pyridine rings is 1. The van der Waals surface area contributed by atoms with Crippen molar-refractivity contribution in [3.63, 3.8) is 0 Å². The number of carbonyl (C=O) groups excluding carboxylic acids is 1. The average molecular weight is 373 g/mol. The van der Waals surface area contributed by atoms with Crippen molar-refractivity contribution >= 4 is 22.4 Å². The molecule has 0 unspecified atom stereocenters. The van der Waals surface area contributed by atoms with Gasteiger partial charge in [0.15, 0.2) is 5.13 Å². The zero-order valence-electron chi connectivity index (χ0n) is 14.7. The highest BCUT2D eigenvalue weighted by molar-refractivity contribution is 7.13. The number of piperazine rings is 1. The minimum Gasteiger partial charge on any atom is -0.379 e. The summed E-state index contributed by atoms with van der Waals surface area (Å²) in [6, 6.07) is 3.62. The highest BCUT2D eigenvalue weighted by Crippen LogP contribution is 2.25. The summed E-state index contributed by atoms with van der Waals surface area (Å²) in [7, 11) is 0. The quantitative estimate of drug-likeness (QED) is 0.804. The predicted octanol–water partition coefficient (Wildman–Crippen LogP) is 1.26. The van der Waals surface area contributed by atoms with Gasteiger partial charge in [0.25, 0.3) is 0 Å². The molecule has 0 aromatic carbocycles. The maximum atomic E-state index is 13.4. The third-order valence-corrected chi connectivity index (χ3v) is 5.76. The molecule has 2 saturated heterocycles. The first-order valence-electron chi connectivity index (χ1n) is 8.98. The molecule has 0 bridgehead atoms. The van der Waals surface area contributed by atoms with E-state index in [0.29, 0.717) is 13.2 Å². The second-order valence-corrected chi connectivity index (χ2v) is 7.34. The molecule has 2 aromatic rings. The first kappa shape index (κ1) is 17.4. The standard InChI is InChI=1S/C18H23N5O2S/c24-17(22-5-7-23(8-6-22)18-20-4-13-26-18)16(15-2-1-3-19-14-15)21-9-11-25-12-10-21/h1-4,13-14,16H,5-12H2/t16-/m0/s1. The van der Waals surface area contributed by atoms with Crippen LogP contribution in [0.15, 0.2) is 36.1 Å². The first-order valence-corrected chi connectivity index (χ1v) is 9.86. The number of thiazole rings is 1. The van der Waals surface area contributed by atoms with Crippen molar-refractivity contribution in [2.45, 2.75) is 6.04 Å². The lowest BCUT2D eigenvalue weighted by Crippen LogP contribution is -2.53.